The summed E-state index contributed by atoms with van der Waals surface area (Å²) in [5.74, 6) is -0.931. The molecular weight excluding hydrogens is 348 g/mol. The Morgan fingerprint density at radius 2 is 1.76 bits per heavy atom. The number of amides is 2. The molecule has 8 nitrogen and oxygen atoms in total. The number of hydrazone groups is 1. The third kappa shape index (κ3) is 5.40. The summed E-state index contributed by atoms with van der Waals surface area (Å²) in [5, 5.41) is 16.9. The number of benzene rings is 2. The number of nitro benzene ring substituents is 1. The lowest BCUT2D eigenvalue weighted by molar-refractivity contribution is -0.384. The number of non-ortho nitro benzene ring substituents is 1. The second kappa shape index (κ2) is 8.55. The molecule has 128 valence electrons. The Balaban J connectivity index is 1.93. The van der Waals surface area contributed by atoms with Gasteiger partial charge in [-0.3, -0.25) is 19.7 Å². The van der Waals surface area contributed by atoms with E-state index in [0.29, 0.717) is 16.8 Å². The number of alkyl halides is 1. The van der Waals surface area contributed by atoms with Crippen molar-refractivity contribution >= 4 is 41.0 Å². The molecule has 9 heteroatoms. The zero-order valence-electron chi connectivity index (χ0n) is 12.8. The van der Waals surface area contributed by atoms with Gasteiger partial charge >= 0.3 is 0 Å². The predicted octanol–water partition coefficient (Wildman–Crippen LogP) is 2.54. The molecule has 0 bridgehead atoms. The molecule has 0 saturated heterocycles. The van der Waals surface area contributed by atoms with E-state index in [9.17, 15) is 19.7 Å². The summed E-state index contributed by atoms with van der Waals surface area (Å²) in [6, 6.07) is 11.9. The summed E-state index contributed by atoms with van der Waals surface area (Å²) < 4.78 is 0. The van der Waals surface area contributed by atoms with Gasteiger partial charge in [-0.15, -0.1) is 11.6 Å². The Labute approximate surface area is 147 Å². The lowest BCUT2D eigenvalue weighted by atomic mass is 10.2. The summed E-state index contributed by atoms with van der Waals surface area (Å²) in [7, 11) is 0. The van der Waals surface area contributed by atoms with Crippen LogP contribution in [0.15, 0.2) is 53.6 Å². The van der Waals surface area contributed by atoms with Gasteiger partial charge in [0.25, 0.3) is 11.6 Å². The van der Waals surface area contributed by atoms with E-state index >= 15 is 0 Å². The van der Waals surface area contributed by atoms with Gasteiger partial charge in [-0.2, -0.15) is 5.10 Å². The fourth-order valence-electron chi connectivity index (χ4n) is 1.81. The summed E-state index contributed by atoms with van der Waals surface area (Å²) >= 11 is 5.39. The Kier molecular flexibility index (Phi) is 6.19. The third-order valence-electron chi connectivity index (χ3n) is 3.04. The maximum Gasteiger partial charge on any atom is 0.271 e. The number of nitrogens with one attached hydrogen (secondary N) is 2. The molecule has 0 saturated carbocycles. The highest BCUT2D eigenvalue weighted by molar-refractivity contribution is 6.29. The fourth-order valence-corrected chi connectivity index (χ4v) is 1.88. The molecule has 0 aliphatic heterocycles. The monoisotopic (exact) mass is 360 g/mol. The van der Waals surface area contributed by atoms with Crippen molar-refractivity contribution in [2.45, 2.75) is 0 Å². The van der Waals surface area contributed by atoms with Gasteiger partial charge < -0.3 is 5.32 Å². The summed E-state index contributed by atoms with van der Waals surface area (Å²) in [6.45, 7) is 0. The highest BCUT2D eigenvalue weighted by Gasteiger charge is 2.06. The Morgan fingerprint density at radius 3 is 2.32 bits per heavy atom. The van der Waals surface area contributed by atoms with E-state index in [1.165, 1.54) is 42.6 Å². The molecule has 2 aromatic rings. The second-order valence-corrected chi connectivity index (χ2v) is 5.07. The SMILES string of the molecule is O=C(CCl)Nc1ccc(C(=O)NN=Cc2ccc([N+](=O)[O-])cc2)cc1. The highest BCUT2D eigenvalue weighted by atomic mass is 35.5. The minimum atomic E-state index is -0.498. The van der Waals surface area contributed by atoms with Crippen LogP contribution in [-0.4, -0.2) is 28.8 Å². The van der Waals surface area contributed by atoms with E-state index in [1.54, 1.807) is 12.1 Å². The van der Waals surface area contributed by atoms with Gasteiger partial charge in [0.2, 0.25) is 5.91 Å². The molecule has 0 aliphatic carbocycles. The molecule has 0 unspecified atom stereocenters. The van der Waals surface area contributed by atoms with Crippen molar-refractivity contribution < 1.29 is 14.5 Å². The Hall–Kier alpha value is -3.26. The number of rotatable bonds is 6. The molecule has 0 aromatic heterocycles. The topological polar surface area (TPSA) is 114 Å². The normalized spacial score (nSPS) is 10.4. The quantitative estimate of drug-likeness (QED) is 0.356. The minimum Gasteiger partial charge on any atom is -0.325 e. The van der Waals surface area contributed by atoms with E-state index < -0.39 is 10.8 Å². The van der Waals surface area contributed by atoms with Gasteiger partial charge in [0.15, 0.2) is 0 Å². The maximum absolute atomic E-state index is 11.9. The van der Waals surface area contributed by atoms with Crippen LogP contribution in [0.5, 0.6) is 0 Å². The molecule has 2 amide bonds. The first kappa shape index (κ1) is 18.1. The van der Waals surface area contributed by atoms with Crippen molar-refractivity contribution in [2.75, 3.05) is 11.2 Å². The summed E-state index contributed by atoms with van der Waals surface area (Å²) in [6.07, 6.45) is 1.37. The van der Waals surface area contributed by atoms with Crippen molar-refractivity contribution in [2.24, 2.45) is 5.10 Å². The van der Waals surface area contributed by atoms with Crippen LogP contribution < -0.4 is 10.7 Å². The number of carbonyl (C=O) groups excluding carboxylic acids is 2. The summed E-state index contributed by atoms with van der Waals surface area (Å²) in [4.78, 5) is 33.2. The first-order valence-electron chi connectivity index (χ1n) is 7.03. The predicted molar refractivity (Wildman–Crippen MR) is 93.9 cm³/mol. The molecule has 0 heterocycles. The van der Waals surface area contributed by atoms with Gasteiger partial charge in [-0.05, 0) is 42.0 Å². The van der Waals surface area contributed by atoms with E-state index in [4.69, 9.17) is 11.6 Å². The first-order valence-corrected chi connectivity index (χ1v) is 7.57. The van der Waals surface area contributed by atoms with E-state index in [-0.39, 0.29) is 17.5 Å². The summed E-state index contributed by atoms with van der Waals surface area (Å²) in [5.41, 5.74) is 3.80. The van der Waals surface area contributed by atoms with Crippen LogP contribution in [-0.2, 0) is 4.79 Å². The van der Waals surface area contributed by atoms with Crippen molar-refractivity contribution in [3.8, 4) is 0 Å². The second-order valence-electron chi connectivity index (χ2n) is 4.81. The van der Waals surface area contributed by atoms with Gasteiger partial charge in [0.05, 0.1) is 11.1 Å². The number of nitrogens with zero attached hydrogens (tertiary/aromatic N) is 2. The average molecular weight is 361 g/mol. The number of anilines is 1. The minimum absolute atomic E-state index is 0.0254. The van der Waals surface area contributed by atoms with Gasteiger partial charge in [-0.25, -0.2) is 5.43 Å². The smallest absolute Gasteiger partial charge is 0.271 e. The number of nitro groups is 1. The van der Waals surface area contributed by atoms with Crippen molar-refractivity contribution in [3.05, 3.63) is 69.8 Å². The van der Waals surface area contributed by atoms with Crippen molar-refractivity contribution in [1.82, 2.24) is 5.43 Å². The molecule has 2 N–H and O–H groups in total. The molecule has 0 atom stereocenters. The molecule has 0 fully saturated rings. The number of hydrogen-bond acceptors (Lipinski definition) is 5. The lowest BCUT2D eigenvalue weighted by Gasteiger charge is -2.04. The number of carbonyl (C=O) groups is 2. The van der Waals surface area contributed by atoms with Gasteiger partial charge in [0.1, 0.15) is 5.88 Å². The number of hydrogen-bond donors (Lipinski definition) is 2. The maximum atomic E-state index is 11.9. The van der Waals surface area contributed by atoms with E-state index in [0.717, 1.165) is 0 Å². The zero-order chi connectivity index (χ0) is 18.2. The van der Waals surface area contributed by atoms with Crippen LogP contribution in [0, 0.1) is 10.1 Å². The van der Waals surface area contributed by atoms with Crippen LogP contribution >= 0.6 is 11.6 Å². The van der Waals surface area contributed by atoms with Crippen molar-refractivity contribution in [3.63, 3.8) is 0 Å². The van der Waals surface area contributed by atoms with Crippen LogP contribution in [0.3, 0.4) is 0 Å². The Morgan fingerprint density at radius 1 is 1.12 bits per heavy atom. The molecule has 0 aliphatic rings. The largest absolute Gasteiger partial charge is 0.325 e. The molecule has 2 rings (SSSR count). The van der Waals surface area contributed by atoms with Crippen LogP contribution in [0.2, 0.25) is 0 Å². The molecular formula is C16H13ClN4O4. The average Bonchev–Trinajstić information content (AvgIpc) is 2.62. The van der Waals surface area contributed by atoms with E-state index in [2.05, 4.69) is 15.8 Å². The third-order valence-corrected chi connectivity index (χ3v) is 3.28. The molecule has 2 aromatic carbocycles. The molecule has 0 radical (unpaired) electrons. The fraction of sp³-hybridized carbons (Fsp3) is 0.0625. The molecule has 0 spiro atoms. The Bertz CT molecular complexity index is 804. The standard InChI is InChI=1S/C16H13ClN4O4/c17-9-15(22)19-13-5-3-12(4-6-13)16(23)20-18-10-11-1-7-14(8-2-11)21(24)25/h1-8,10H,9H2,(H,19,22)(H,20,23). The zero-order valence-corrected chi connectivity index (χ0v) is 13.6. The van der Waals surface area contributed by atoms with Crippen LogP contribution in [0.1, 0.15) is 15.9 Å². The van der Waals surface area contributed by atoms with Crippen molar-refractivity contribution in [1.29, 1.82) is 0 Å². The van der Waals surface area contributed by atoms with Gasteiger partial charge in [-0.1, -0.05) is 0 Å². The van der Waals surface area contributed by atoms with Crippen LogP contribution in [0.4, 0.5) is 11.4 Å². The highest BCUT2D eigenvalue weighted by Crippen LogP contribution is 2.11. The number of halogens is 1. The van der Waals surface area contributed by atoms with Gasteiger partial charge in [0, 0.05) is 23.4 Å². The van der Waals surface area contributed by atoms with E-state index in [1.807, 2.05) is 0 Å². The first-order chi connectivity index (χ1) is 12.0. The lowest BCUT2D eigenvalue weighted by Crippen LogP contribution is -2.18. The van der Waals surface area contributed by atoms with Crippen LogP contribution in [0.25, 0.3) is 0 Å². The molecule has 25 heavy (non-hydrogen) atoms.